The molecule has 21 heavy (non-hydrogen) atoms. The van der Waals surface area contributed by atoms with Gasteiger partial charge in [-0.1, -0.05) is 17.7 Å². The molecule has 0 bridgehead atoms. The molecule has 110 valence electrons. The second kappa shape index (κ2) is 6.45. The third kappa shape index (κ3) is 4.10. The Kier molecular flexibility index (Phi) is 4.65. The number of hydrogen-bond acceptors (Lipinski definition) is 3. The summed E-state index contributed by atoms with van der Waals surface area (Å²) in [6.45, 7) is 1.48. The van der Waals surface area contributed by atoms with Gasteiger partial charge >= 0.3 is 0 Å². The molecule has 0 heterocycles. The van der Waals surface area contributed by atoms with E-state index in [4.69, 9.17) is 22.1 Å². The Hall–Kier alpha value is -2.27. The lowest BCUT2D eigenvalue weighted by Gasteiger charge is -2.10. The summed E-state index contributed by atoms with van der Waals surface area (Å²) < 4.78 is 18.6. The van der Waals surface area contributed by atoms with Gasteiger partial charge in [-0.2, -0.15) is 0 Å². The first-order valence-electron chi connectivity index (χ1n) is 6.19. The Labute approximate surface area is 126 Å². The van der Waals surface area contributed by atoms with E-state index in [-0.39, 0.29) is 12.4 Å². The van der Waals surface area contributed by atoms with Crippen LogP contribution in [0.2, 0.25) is 5.02 Å². The van der Waals surface area contributed by atoms with Gasteiger partial charge in [-0.25, -0.2) is 4.39 Å². The van der Waals surface area contributed by atoms with Gasteiger partial charge in [-0.05, 0) is 42.8 Å². The maximum absolute atomic E-state index is 13.5. The predicted octanol–water partition coefficient (Wildman–Crippen LogP) is 3.39. The molecule has 2 rings (SSSR count). The minimum absolute atomic E-state index is 0.0317. The molecule has 0 aliphatic heterocycles. The molecule has 4 nitrogen and oxygen atoms in total. The molecule has 0 aliphatic carbocycles. The topological polar surface area (TPSA) is 64.3 Å². The van der Waals surface area contributed by atoms with E-state index < -0.39 is 11.7 Å². The fourth-order valence-corrected chi connectivity index (χ4v) is 1.86. The van der Waals surface area contributed by atoms with Gasteiger partial charge in [0.25, 0.3) is 5.91 Å². The molecular formula is C15H14ClFN2O2. The molecule has 2 aromatic rings. The number of rotatable bonds is 4. The average Bonchev–Trinajstić information content (AvgIpc) is 2.44. The summed E-state index contributed by atoms with van der Waals surface area (Å²) in [7, 11) is 0. The zero-order valence-electron chi connectivity index (χ0n) is 11.3. The minimum atomic E-state index is -0.518. The van der Waals surface area contributed by atoms with Crippen LogP contribution in [0.3, 0.4) is 0 Å². The van der Waals surface area contributed by atoms with Gasteiger partial charge in [0.05, 0.1) is 11.4 Å². The Balaban J connectivity index is 1.99. The van der Waals surface area contributed by atoms with E-state index >= 15 is 0 Å². The van der Waals surface area contributed by atoms with E-state index in [1.165, 1.54) is 18.2 Å². The lowest BCUT2D eigenvalue weighted by atomic mass is 10.2. The molecule has 6 heteroatoms. The van der Waals surface area contributed by atoms with Crippen LogP contribution in [0.4, 0.5) is 15.8 Å². The van der Waals surface area contributed by atoms with Gasteiger partial charge in [0.1, 0.15) is 0 Å². The number of aryl methyl sites for hydroxylation is 1. The molecule has 0 spiro atoms. The smallest absolute Gasteiger partial charge is 0.262 e. The molecule has 2 aromatic carbocycles. The van der Waals surface area contributed by atoms with Crippen molar-refractivity contribution >= 4 is 28.9 Å². The van der Waals surface area contributed by atoms with Gasteiger partial charge in [0.15, 0.2) is 18.2 Å². The molecule has 1 amide bonds. The third-order valence-corrected chi connectivity index (χ3v) is 2.97. The fourth-order valence-electron chi connectivity index (χ4n) is 1.69. The maximum Gasteiger partial charge on any atom is 0.262 e. The maximum atomic E-state index is 13.5. The van der Waals surface area contributed by atoms with E-state index in [1.54, 1.807) is 25.1 Å². The van der Waals surface area contributed by atoms with E-state index in [9.17, 15) is 9.18 Å². The van der Waals surface area contributed by atoms with Crippen LogP contribution < -0.4 is 15.8 Å². The Morgan fingerprint density at radius 2 is 2.10 bits per heavy atom. The molecule has 0 saturated heterocycles. The van der Waals surface area contributed by atoms with Crippen molar-refractivity contribution in [2.24, 2.45) is 0 Å². The van der Waals surface area contributed by atoms with Gasteiger partial charge < -0.3 is 15.8 Å². The van der Waals surface area contributed by atoms with Crippen LogP contribution in [0.1, 0.15) is 5.56 Å². The summed E-state index contributed by atoms with van der Waals surface area (Å²) in [5, 5.41) is 3.01. The van der Waals surface area contributed by atoms with Crippen molar-refractivity contribution in [3.63, 3.8) is 0 Å². The molecule has 0 aliphatic rings. The number of benzene rings is 2. The molecule has 0 saturated carbocycles. The Morgan fingerprint density at radius 3 is 2.86 bits per heavy atom. The van der Waals surface area contributed by atoms with Crippen molar-refractivity contribution in [3.05, 3.63) is 52.8 Å². The summed E-state index contributed by atoms with van der Waals surface area (Å²) in [5.41, 5.74) is 7.33. The second-order valence-electron chi connectivity index (χ2n) is 4.50. The number of amides is 1. The van der Waals surface area contributed by atoms with E-state index in [2.05, 4.69) is 5.32 Å². The number of carbonyl (C=O) groups excluding carboxylic acids is 1. The standard InChI is InChI=1S/C15H14ClFN2O2/c1-9-2-4-11(17)14(6-9)21-8-15(20)19-13-7-10(16)3-5-12(13)18/h2-7H,8,18H2,1H3,(H,19,20). The van der Waals surface area contributed by atoms with E-state index in [1.807, 2.05) is 0 Å². The van der Waals surface area contributed by atoms with Crippen LogP contribution in [0.5, 0.6) is 5.75 Å². The molecule has 0 fully saturated rings. The average molecular weight is 309 g/mol. The van der Waals surface area contributed by atoms with E-state index in [0.717, 1.165) is 5.56 Å². The Bertz CT molecular complexity index is 677. The number of halogens is 2. The monoisotopic (exact) mass is 308 g/mol. The summed E-state index contributed by atoms with van der Waals surface area (Å²) in [6, 6.07) is 9.16. The second-order valence-corrected chi connectivity index (χ2v) is 4.94. The highest BCUT2D eigenvalue weighted by Crippen LogP contribution is 2.23. The van der Waals surface area contributed by atoms with Crippen molar-refractivity contribution in [1.82, 2.24) is 0 Å². The zero-order chi connectivity index (χ0) is 15.4. The first kappa shape index (κ1) is 15.1. The van der Waals surface area contributed by atoms with Crippen LogP contribution in [-0.2, 0) is 4.79 Å². The number of ether oxygens (including phenoxy) is 1. The van der Waals surface area contributed by atoms with Crippen molar-refractivity contribution in [1.29, 1.82) is 0 Å². The van der Waals surface area contributed by atoms with Crippen molar-refractivity contribution in [3.8, 4) is 5.75 Å². The quantitative estimate of drug-likeness (QED) is 0.851. The summed E-state index contributed by atoms with van der Waals surface area (Å²) in [6.07, 6.45) is 0. The van der Waals surface area contributed by atoms with Gasteiger partial charge in [0.2, 0.25) is 0 Å². The van der Waals surface area contributed by atoms with Crippen LogP contribution in [-0.4, -0.2) is 12.5 Å². The van der Waals surface area contributed by atoms with Crippen LogP contribution in [0, 0.1) is 12.7 Å². The zero-order valence-corrected chi connectivity index (χ0v) is 12.1. The first-order chi connectivity index (χ1) is 9.95. The van der Waals surface area contributed by atoms with Crippen molar-refractivity contribution < 1.29 is 13.9 Å². The molecule has 0 unspecified atom stereocenters. The van der Waals surface area contributed by atoms with E-state index in [0.29, 0.717) is 16.4 Å². The largest absolute Gasteiger partial charge is 0.481 e. The van der Waals surface area contributed by atoms with Gasteiger partial charge in [0, 0.05) is 5.02 Å². The SMILES string of the molecule is Cc1ccc(F)c(OCC(=O)Nc2cc(Cl)ccc2N)c1. The normalized spacial score (nSPS) is 10.2. The van der Waals surface area contributed by atoms with Crippen LogP contribution in [0.15, 0.2) is 36.4 Å². The van der Waals surface area contributed by atoms with Crippen molar-refractivity contribution in [2.75, 3.05) is 17.7 Å². The summed E-state index contributed by atoms with van der Waals surface area (Å²) in [4.78, 5) is 11.8. The lowest BCUT2D eigenvalue weighted by molar-refractivity contribution is -0.118. The van der Waals surface area contributed by atoms with Crippen molar-refractivity contribution in [2.45, 2.75) is 6.92 Å². The minimum Gasteiger partial charge on any atom is -0.481 e. The number of hydrogen-bond donors (Lipinski definition) is 2. The van der Waals surface area contributed by atoms with Crippen LogP contribution in [0.25, 0.3) is 0 Å². The highest BCUT2D eigenvalue weighted by Gasteiger charge is 2.09. The number of nitrogens with one attached hydrogen (secondary N) is 1. The van der Waals surface area contributed by atoms with Crippen LogP contribution >= 0.6 is 11.6 Å². The molecule has 3 N–H and O–H groups in total. The summed E-state index contributed by atoms with van der Waals surface area (Å²) in [5.74, 6) is -0.940. The first-order valence-corrected chi connectivity index (χ1v) is 6.57. The highest BCUT2D eigenvalue weighted by atomic mass is 35.5. The molecule has 0 atom stereocenters. The predicted molar refractivity (Wildman–Crippen MR) is 81.1 cm³/mol. The number of nitrogen functional groups attached to an aromatic ring is 1. The lowest BCUT2D eigenvalue weighted by Crippen LogP contribution is -2.21. The van der Waals surface area contributed by atoms with Gasteiger partial charge in [-0.15, -0.1) is 0 Å². The molecule has 0 radical (unpaired) electrons. The number of carbonyl (C=O) groups is 1. The Morgan fingerprint density at radius 1 is 1.33 bits per heavy atom. The molecule has 0 aromatic heterocycles. The third-order valence-electron chi connectivity index (χ3n) is 2.73. The highest BCUT2D eigenvalue weighted by molar-refractivity contribution is 6.31. The summed E-state index contributed by atoms with van der Waals surface area (Å²) >= 11 is 5.82. The number of nitrogens with two attached hydrogens (primary N) is 1. The number of anilines is 2. The fraction of sp³-hybridized carbons (Fsp3) is 0.133. The van der Waals surface area contributed by atoms with Gasteiger partial charge in [-0.3, -0.25) is 4.79 Å². The molecular weight excluding hydrogens is 295 g/mol.